The Bertz CT molecular complexity index is 1230. The van der Waals surface area contributed by atoms with Crippen LogP contribution in [0.5, 0.6) is 5.88 Å². The number of methoxy groups -OCH3 is 1. The molecule has 1 spiro atoms. The Hall–Kier alpha value is -3.14. The average Bonchev–Trinajstić information content (AvgIpc) is 2.99. The summed E-state index contributed by atoms with van der Waals surface area (Å²) in [5, 5.41) is 7.45. The van der Waals surface area contributed by atoms with Gasteiger partial charge >= 0.3 is 6.09 Å². The number of hydrogen-bond acceptors (Lipinski definition) is 8. The van der Waals surface area contributed by atoms with Crippen molar-refractivity contribution in [3.8, 4) is 5.88 Å². The van der Waals surface area contributed by atoms with E-state index in [1.807, 2.05) is 32.9 Å². The smallest absolute Gasteiger partial charge is 0.410 e. The third-order valence-electron chi connectivity index (χ3n) is 5.38. The summed E-state index contributed by atoms with van der Waals surface area (Å²) < 4.78 is 11.6. The van der Waals surface area contributed by atoms with Crippen molar-refractivity contribution < 1.29 is 19.1 Å². The fourth-order valence-corrected chi connectivity index (χ4v) is 5.08. The molecular weight excluding hydrogens is 418 g/mol. The zero-order chi connectivity index (χ0) is 22.0. The Labute approximate surface area is 182 Å². The van der Waals surface area contributed by atoms with Gasteiger partial charge in [-0.3, -0.25) is 4.79 Å². The first-order valence-corrected chi connectivity index (χ1v) is 10.8. The van der Waals surface area contributed by atoms with Crippen LogP contribution >= 0.6 is 11.3 Å². The molecule has 0 aliphatic carbocycles. The van der Waals surface area contributed by atoms with Gasteiger partial charge in [0.05, 0.1) is 48.7 Å². The molecule has 31 heavy (non-hydrogen) atoms. The molecule has 3 aromatic rings. The number of nitrogens with one attached hydrogen (secondary N) is 2. The quantitative estimate of drug-likeness (QED) is 0.598. The summed E-state index contributed by atoms with van der Waals surface area (Å²) in [4.78, 5) is 36.6. The molecular formula is C21H23N5O4S. The standard InChI is InChI=1S/C21H23N5O4S/c1-20(2,3)30-19(28)26-9-21(10-26)8-23-16-14-12(31-17(16)18(27)25-21)6-5-11-15(14)22-7-13(24-11)29-4/h5-7,23H,8-10H2,1-4H3,(H,25,27). The molecule has 0 bridgehead atoms. The highest BCUT2D eigenvalue weighted by Gasteiger charge is 2.49. The molecule has 9 nitrogen and oxygen atoms in total. The van der Waals surface area contributed by atoms with E-state index in [1.54, 1.807) is 18.2 Å². The van der Waals surface area contributed by atoms with E-state index in [0.717, 1.165) is 21.3 Å². The summed E-state index contributed by atoms with van der Waals surface area (Å²) in [7, 11) is 1.55. The molecule has 0 unspecified atom stereocenters. The molecule has 10 heteroatoms. The number of nitrogens with zero attached hydrogens (tertiary/aromatic N) is 3. The normalized spacial score (nSPS) is 17.5. The molecule has 2 amide bonds. The number of likely N-dealkylation sites (tertiary alicyclic amines) is 1. The average molecular weight is 442 g/mol. The van der Waals surface area contributed by atoms with E-state index >= 15 is 0 Å². The summed E-state index contributed by atoms with van der Waals surface area (Å²) in [6.07, 6.45) is 1.21. The van der Waals surface area contributed by atoms with Crippen molar-refractivity contribution in [2.24, 2.45) is 0 Å². The van der Waals surface area contributed by atoms with Crippen molar-refractivity contribution in [3.63, 3.8) is 0 Å². The number of rotatable bonds is 1. The second-order valence-corrected chi connectivity index (χ2v) is 10.0. The first kappa shape index (κ1) is 19.8. The van der Waals surface area contributed by atoms with Gasteiger partial charge in [0.2, 0.25) is 5.88 Å². The zero-order valence-electron chi connectivity index (χ0n) is 17.7. The Kier molecular flexibility index (Phi) is 4.27. The van der Waals surface area contributed by atoms with Crippen LogP contribution in [0.15, 0.2) is 18.3 Å². The topological polar surface area (TPSA) is 106 Å². The monoisotopic (exact) mass is 441 g/mol. The third kappa shape index (κ3) is 3.31. The van der Waals surface area contributed by atoms with Gasteiger partial charge in [-0.25, -0.2) is 14.8 Å². The van der Waals surface area contributed by atoms with Crippen LogP contribution in [0.4, 0.5) is 10.5 Å². The van der Waals surface area contributed by atoms with Crippen LogP contribution in [0.1, 0.15) is 30.4 Å². The molecule has 2 aliphatic rings. The molecule has 1 aromatic carbocycles. The minimum atomic E-state index is -0.557. The van der Waals surface area contributed by atoms with E-state index in [4.69, 9.17) is 9.47 Å². The Morgan fingerprint density at radius 2 is 2.06 bits per heavy atom. The van der Waals surface area contributed by atoms with Crippen LogP contribution in [0, 0.1) is 0 Å². The highest BCUT2D eigenvalue weighted by molar-refractivity contribution is 7.21. The van der Waals surface area contributed by atoms with Crippen molar-refractivity contribution in [2.45, 2.75) is 31.9 Å². The largest absolute Gasteiger partial charge is 0.480 e. The lowest BCUT2D eigenvalue weighted by atomic mass is 9.90. The van der Waals surface area contributed by atoms with Crippen molar-refractivity contribution in [2.75, 3.05) is 32.1 Å². The third-order valence-corrected chi connectivity index (χ3v) is 6.53. The summed E-state index contributed by atoms with van der Waals surface area (Å²) in [5.74, 6) is 0.286. The SMILES string of the molecule is COc1cnc2c(ccc3sc4c(c32)NCC2(CN(C(=O)OC(C)(C)C)C2)NC4=O)n1. The van der Waals surface area contributed by atoms with Gasteiger partial charge in [0.1, 0.15) is 10.5 Å². The van der Waals surface area contributed by atoms with Crippen LogP contribution in [0.2, 0.25) is 0 Å². The van der Waals surface area contributed by atoms with Crippen LogP contribution in [0.3, 0.4) is 0 Å². The van der Waals surface area contributed by atoms with Crippen LogP contribution in [-0.2, 0) is 4.74 Å². The lowest BCUT2D eigenvalue weighted by Crippen LogP contribution is -2.73. The van der Waals surface area contributed by atoms with E-state index in [1.165, 1.54) is 11.3 Å². The van der Waals surface area contributed by atoms with Crippen molar-refractivity contribution in [1.82, 2.24) is 20.2 Å². The van der Waals surface area contributed by atoms with Gasteiger partial charge < -0.3 is 25.0 Å². The van der Waals surface area contributed by atoms with Gasteiger partial charge in [-0.15, -0.1) is 11.3 Å². The van der Waals surface area contributed by atoms with Gasteiger partial charge in [-0.05, 0) is 32.9 Å². The number of benzene rings is 1. The van der Waals surface area contributed by atoms with E-state index in [-0.39, 0.29) is 12.0 Å². The fraction of sp³-hybridized carbons (Fsp3) is 0.429. The maximum Gasteiger partial charge on any atom is 0.410 e. The van der Waals surface area contributed by atoms with Crippen molar-refractivity contribution in [1.29, 1.82) is 0 Å². The number of aromatic nitrogens is 2. The van der Waals surface area contributed by atoms with Crippen LogP contribution < -0.4 is 15.4 Å². The minimum absolute atomic E-state index is 0.153. The summed E-state index contributed by atoms with van der Waals surface area (Å²) >= 11 is 1.42. The molecule has 2 N–H and O–H groups in total. The van der Waals surface area contributed by atoms with Crippen molar-refractivity contribution >= 4 is 50.1 Å². The highest BCUT2D eigenvalue weighted by atomic mass is 32.1. The number of ether oxygens (including phenoxy) is 2. The number of fused-ring (bicyclic) bond motifs is 5. The number of carbonyl (C=O) groups excluding carboxylic acids is 2. The molecule has 0 radical (unpaired) electrons. The molecule has 2 aromatic heterocycles. The predicted molar refractivity (Wildman–Crippen MR) is 118 cm³/mol. The van der Waals surface area contributed by atoms with Crippen LogP contribution in [0.25, 0.3) is 21.1 Å². The molecule has 0 saturated carbocycles. The lowest BCUT2D eigenvalue weighted by Gasteiger charge is -2.49. The molecule has 2 aliphatic heterocycles. The van der Waals surface area contributed by atoms with Gasteiger partial charge in [0.25, 0.3) is 5.91 Å². The van der Waals surface area contributed by atoms with E-state index < -0.39 is 11.1 Å². The summed E-state index contributed by atoms with van der Waals surface area (Å²) in [6.45, 7) is 6.79. The van der Waals surface area contributed by atoms with E-state index in [2.05, 4.69) is 20.6 Å². The first-order chi connectivity index (χ1) is 14.7. The van der Waals surface area contributed by atoms with Crippen molar-refractivity contribution in [3.05, 3.63) is 23.2 Å². The first-order valence-electron chi connectivity index (χ1n) is 9.99. The summed E-state index contributed by atoms with van der Waals surface area (Å²) in [6, 6.07) is 3.83. The Balaban J connectivity index is 1.45. The Morgan fingerprint density at radius 1 is 1.29 bits per heavy atom. The number of carbonyl (C=O) groups is 2. The van der Waals surface area contributed by atoms with Gasteiger partial charge in [0.15, 0.2) is 0 Å². The second-order valence-electron chi connectivity index (χ2n) is 8.95. The second kappa shape index (κ2) is 6.68. The number of anilines is 1. The van der Waals surface area contributed by atoms with Gasteiger partial charge in [0, 0.05) is 16.6 Å². The Morgan fingerprint density at radius 3 is 2.77 bits per heavy atom. The number of hydrogen-bond donors (Lipinski definition) is 2. The zero-order valence-corrected chi connectivity index (χ0v) is 18.6. The summed E-state index contributed by atoms with van der Waals surface area (Å²) in [5.41, 5.74) is 1.09. The highest BCUT2D eigenvalue weighted by Crippen LogP contribution is 2.41. The molecule has 5 rings (SSSR count). The van der Waals surface area contributed by atoms with E-state index in [9.17, 15) is 9.59 Å². The number of amides is 2. The molecule has 162 valence electrons. The minimum Gasteiger partial charge on any atom is -0.480 e. The lowest BCUT2D eigenvalue weighted by molar-refractivity contribution is -0.0123. The molecule has 1 fully saturated rings. The molecule has 1 saturated heterocycles. The maximum atomic E-state index is 13.1. The van der Waals surface area contributed by atoms with Crippen LogP contribution in [-0.4, -0.2) is 64.8 Å². The van der Waals surface area contributed by atoms with Gasteiger partial charge in [-0.1, -0.05) is 0 Å². The van der Waals surface area contributed by atoms with E-state index in [0.29, 0.717) is 35.9 Å². The molecule has 0 atom stereocenters. The fourth-order valence-electron chi connectivity index (χ4n) is 4.01. The predicted octanol–water partition coefficient (Wildman–Crippen LogP) is 3.00. The van der Waals surface area contributed by atoms with Gasteiger partial charge in [-0.2, -0.15) is 0 Å². The molecule has 4 heterocycles. The number of thiophene rings is 1. The maximum absolute atomic E-state index is 13.1.